The number of oxazole rings is 1. The summed E-state index contributed by atoms with van der Waals surface area (Å²) in [6.45, 7) is 13.6. The number of benzene rings is 1. The van der Waals surface area contributed by atoms with Crippen LogP contribution in [0.15, 0.2) is 28.9 Å². The zero-order chi connectivity index (χ0) is 29.9. The van der Waals surface area contributed by atoms with Crippen LogP contribution in [0.25, 0.3) is 0 Å². The van der Waals surface area contributed by atoms with Crippen LogP contribution in [0.4, 0.5) is 5.69 Å². The molecule has 3 aromatic rings. The molecule has 1 saturated heterocycles. The lowest BCUT2D eigenvalue weighted by atomic mass is 9.86. The number of carbonyl (C=O) groups is 1. The summed E-state index contributed by atoms with van der Waals surface area (Å²) in [6, 6.07) is 6.11. The number of amides is 1. The van der Waals surface area contributed by atoms with Crippen LogP contribution in [0.1, 0.15) is 75.5 Å². The molecule has 1 amide bonds. The zero-order valence-electron chi connectivity index (χ0n) is 25.5. The standard InChI is InChI=1S/C30H41N5O6/c1-18-10-11-19(29(2,3)4)16-22(18)41-28-31-21(17-39-28)24(36)32-23-25(37-8)33-27(34-26(23)38-9)40-20-12-14-30(5,6)35(7)15-13-20/h10-11,16-17,20H,12-15H2,1-9H3,(H,32,36). The third kappa shape index (κ3) is 7.08. The summed E-state index contributed by atoms with van der Waals surface area (Å²) < 4.78 is 28.4. The average molecular weight is 568 g/mol. The van der Waals surface area contributed by atoms with Gasteiger partial charge in [-0.2, -0.15) is 15.0 Å². The van der Waals surface area contributed by atoms with E-state index in [1.165, 1.54) is 20.5 Å². The molecule has 1 atom stereocenters. The smallest absolute Gasteiger partial charge is 0.399 e. The molecule has 0 radical (unpaired) electrons. The second kappa shape index (κ2) is 11.9. The molecule has 0 saturated carbocycles. The number of methoxy groups -OCH3 is 2. The van der Waals surface area contributed by atoms with Gasteiger partial charge < -0.3 is 33.6 Å². The number of anilines is 1. The van der Waals surface area contributed by atoms with Crippen molar-refractivity contribution in [3.05, 3.63) is 41.3 Å². The van der Waals surface area contributed by atoms with Gasteiger partial charge in [0.05, 0.1) is 14.2 Å². The molecule has 222 valence electrons. The first kappa shape index (κ1) is 30.1. The molecule has 0 bridgehead atoms. The van der Waals surface area contributed by atoms with Crippen molar-refractivity contribution >= 4 is 11.6 Å². The average Bonchev–Trinajstić information content (AvgIpc) is 3.35. The van der Waals surface area contributed by atoms with Crippen LogP contribution in [0.3, 0.4) is 0 Å². The van der Waals surface area contributed by atoms with E-state index in [1.54, 1.807) is 0 Å². The minimum atomic E-state index is -0.577. The van der Waals surface area contributed by atoms with Crippen LogP contribution in [-0.2, 0) is 5.41 Å². The largest absolute Gasteiger partial charge is 0.479 e. The van der Waals surface area contributed by atoms with E-state index in [9.17, 15) is 4.79 Å². The zero-order valence-corrected chi connectivity index (χ0v) is 25.5. The van der Waals surface area contributed by atoms with E-state index in [0.29, 0.717) is 5.75 Å². The maximum absolute atomic E-state index is 13.1. The number of carbonyl (C=O) groups excluding carboxylic acids is 1. The molecule has 0 aliphatic carbocycles. The first-order valence-electron chi connectivity index (χ1n) is 13.7. The Hall–Kier alpha value is -3.86. The Labute approximate surface area is 241 Å². The third-order valence-corrected chi connectivity index (χ3v) is 7.58. The summed E-state index contributed by atoms with van der Waals surface area (Å²) in [6.07, 6.45) is 3.77. The van der Waals surface area contributed by atoms with E-state index in [1.807, 2.05) is 19.1 Å². The Morgan fingerprint density at radius 2 is 1.78 bits per heavy atom. The fourth-order valence-electron chi connectivity index (χ4n) is 4.47. The molecule has 11 heteroatoms. The van der Waals surface area contributed by atoms with Crippen molar-refractivity contribution in [1.82, 2.24) is 19.9 Å². The minimum absolute atomic E-state index is 0.000693. The number of hydrogen-bond donors (Lipinski definition) is 1. The first-order valence-corrected chi connectivity index (χ1v) is 13.7. The molecule has 1 aliphatic rings. The lowest BCUT2D eigenvalue weighted by molar-refractivity contribution is 0.102. The summed E-state index contributed by atoms with van der Waals surface area (Å²) in [7, 11) is 5.01. The minimum Gasteiger partial charge on any atom is -0.479 e. The van der Waals surface area contributed by atoms with Crippen molar-refractivity contribution in [3.63, 3.8) is 0 Å². The number of ether oxygens (including phenoxy) is 4. The van der Waals surface area contributed by atoms with Gasteiger partial charge in [-0.05, 0) is 69.7 Å². The van der Waals surface area contributed by atoms with Crippen molar-refractivity contribution in [2.45, 2.75) is 77.9 Å². The highest BCUT2D eigenvalue weighted by molar-refractivity contribution is 6.04. The number of hydrogen-bond acceptors (Lipinski definition) is 10. The maximum atomic E-state index is 13.1. The highest BCUT2D eigenvalue weighted by atomic mass is 16.6. The Morgan fingerprint density at radius 1 is 1.10 bits per heavy atom. The summed E-state index contributed by atoms with van der Waals surface area (Å²) in [5, 5.41) is 2.72. The highest BCUT2D eigenvalue weighted by Gasteiger charge is 2.30. The van der Waals surface area contributed by atoms with Gasteiger partial charge >= 0.3 is 12.1 Å². The Morgan fingerprint density at radius 3 is 2.41 bits per heavy atom. The normalized spacial score (nSPS) is 17.4. The van der Waals surface area contributed by atoms with Gasteiger partial charge in [0, 0.05) is 12.1 Å². The van der Waals surface area contributed by atoms with Crippen molar-refractivity contribution < 1.29 is 28.2 Å². The van der Waals surface area contributed by atoms with Gasteiger partial charge in [-0.3, -0.25) is 4.79 Å². The summed E-state index contributed by atoms with van der Waals surface area (Å²) in [5.41, 5.74) is 2.19. The third-order valence-electron chi connectivity index (χ3n) is 7.58. The predicted molar refractivity (Wildman–Crippen MR) is 155 cm³/mol. The van der Waals surface area contributed by atoms with E-state index < -0.39 is 5.91 Å². The predicted octanol–water partition coefficient (Wildman–Crippen LogP) is 5.77. The maximum Gasteiger partial charge on any atom is 0.399 e. The van der Waals surface area contributed by atoms with Gasteiger partial charge in [0.2, 0.25) is 11.8 Å². The van der Waals surface area contributed by atoms with Crippen LogP contribution < -0.4 is 24.3 Å². The molecule has 11 nitrogen and oxygen atoms in total. The molecule has 1 unspecified atom stereocenters. The molecular weight excluding hydrogens is 526 g/mol. The van der Waals surface area contributed by atoms with E-state index in [-0.39, 0.29) is 52.3 Å². The van der Waals surface area contributed by atoms with Gasteiger partial charge in [-0.1, -0.05) is 32.9 Å². The number of rotatable bonds is 8. The summed E-state index contributed by atoms with van der Waals surface area (Å²) in [4.78, 5) is 28.4. The van der Waals surface area contributed by atoms with Crippen LogP contribution in [0.2, 0.25) is 0 Å². The van der Waals surface area contributed by atoms with Crippen molar-refractivity contribution in [1.29, 1.82) is 0 Å². The first-order chi connectivity index (χ1) is 19.3. The molecule has 1 fully saturated rings. The Bertz CT molecular complexity index is 1350. The van der Waals surface area contributed by atoms with Crippen molar-refractivity contribution in [3.8, 4) is 29.6 Å². The fraction of sp³-hybridized carbons (Fsp3) is 0.533. The number of nitrogens with one attached hydrogen (secondary N) is 1. The SMILES string of the molecule is COc1nc(OC2CCN(C)C(C)(C)CC2)nc(OC)c1NC(=O)c1coc(Oc2cc(C(C)(C)C)ccc2C)n1. The van der Waals surface area contributed by atoms with E-state index in [2.05, 4.69) is 72.9 Å². The van der Waals surface area contributed by atoms with Gasteiger partial charge in [0.25, 0.3) is 5.91 Å². The van der Waals surface area contributed by atoms with Gasteiger partial charge in [-0.15, -0.1) is 0 Å². The van der Waals surface area contributed by atoms with Crippen LogP contribution in [0, 0.1) is 6.92 Å². The fourth-order valence-corrected chi connectivity index (χ4v) is 4.47. The van der Waals surface area contributed by atoms with Gasteiger partial charge in [0.15, 0.2) is 11.4 Å². The lowest BCUT2D eigenvalue weighted by Crippen LogP contribution is -2.40. The van der Waals surface area contributed by atoms with E-state index in [0.717, 1.165) is 36.9 Å². The molecule has 4 rings (SSSR count). The van der Waals surface area contributed by atoms with Crippen LogP contribution in [0.5, 0.6) is 29.6 Å². The van der Waals surface area contributed by atoms with E-state index in [4.69, 9.17) is 23.4 Å². The Kier molecular flexibility index (Phi) is 8.77. The van der Waals surface area contributed by atoms with E-state index >= 15 is 0 Å². The molecule has 41 heavy (non-hydrogen) atoms. The number of nitrogens with zero attached hydrogens (tertiary/aromatic N) is 4. The second-order valence-electron chi connectivity index (χ2n) is 12.0. The molecule has 2 aromatic heterocycles. The monoisotopic (exact) mass is 567 g/mol. The van der Waals surface area contributed by atoms with Crippen molar-refractivity contribution in [2.75, 3.05) is 33.1 Å². The van der Waals surface area contributed by atoms with Gasteiger partial charge in [0.1, 0.15) is 18.1 Å². The van der Waals surface area contributed by atoms with Crippen molar-refractivity contribution in [2.24, 2.45) is 0 Å². The number of aromatic nitrogens is 3. The molecule has 1 aliphatic heterocycles. The number of likely N-dealkylation sites (tertiary alicyclic amines) is 1. The molecule has 0 spiro atoms. The Balaban J connectivity index is 1.49. The van der Waals surface area contributed by atoms with Gasteiger partial charge in [-0.25, -0.2) is 0 Å². The quantitative estimate of drug-likeness (QED) is 0.359. The molecule has 1 N–H and O–H groups in total. The summed E-state index contributed by atoms with van der Waals surface area (Å²) >= 11 is 0. The number of aryl methyl sites for hydroxylation is 1. The molecular formula is C30H41N5O6. The second-order valence-corrected chi connectivity index (χ2v) is 12.0. The highest BCUT2D eigenvalue weighted by Crippen LogP contribution is 2.35. The molecule has 1 aromatic carbocycles. The van der Waals surface area contributed by atoms with Crippen LogP contribution >= 0.6 is 0 Å². The topological polar surface area (TPSA) is 121 Å². The summed E-state index contributed by atoms with van der Waals surface area (Å²) in [5.74, 6) is 0.218. The lowest BCUT2D eigenvalue weighted by Gasteiger charge is -2.33. The molecule has 3 heterocycles. The van der Waals surface area contributed by atoms with Crippen LogP contribution in [-0.4, -0.2) is 65.2 Å².